The van der Waals surface area contributed by atoms with E-state index < -0.39 is 0 Å². The van der Waals surface area contributed by atoms with Gasteiger partial charge in [0, 0.05) is 12.7 Å². The summed E-state index contributed by atoms with van der Waals surface area (Å²) >= 11 is 0. The Hall–Kier alpha value is -1.09. The van der Waals surface area contributed by atoms with Crippen LogP contribution in [0.3, 0.4) is 0 Å². The van der Waals surface area contributed by atoms with E-state index in [9.17, 15) is 0 Å². The third-order valence-corrected chi connectivity index (χ3v) is 2.62. The van der Waals surface area contributed by atoms with Gasteiger partial charge in [0.25, 0.3) is 0 Å². The third kappa shape index (κ3) is 4.30. The molecule has 0 aliphatic carbocycles. The van der Waals surface area contributed by atoms with Crippen LogP contribution in [0, 0.1) is 11.8 Å². The number of rotatable bonds is 6. The fourth-order valence-corrected chi connectivity index (χ4v) is 1.51. The lowest BCUT2D eigenvalue weighted by atomic mass is 9.96. The molecule has 1 aromatic rings. The maximum atomic E-state index is 4.24. The van der Waals surface area contributed by atoms with Gasteiger partial charge in [-0.3, -0.25) is 0 Å². The van der Waals surface area contributed by atoms with Crippen LogP contribution in [0.25, 0.3) is 0 Å². The van der Waals surface area contributed by atoms with Crippen molar-refractivity contribution in [2.24, 2.45) is 11.8 Å². The van der Waals surface area contributed by atoms with Crippen LogP contribution in [0.5, 0.6) is 0 Å². The van der Waals surface area contributed by atoms with Crippen molar-refractivity contribution in [1.82, 2.24) is 10.3 Å². The van der Waals surface area contributed by atoms with Crippen LogP contribution >= 0.6 is 0 Å². The topological polar surface area (TPSA) is 37.0 Å². The average Bonchev–Trinajstić information content (AvgIpc) is 2.25. The second-order valence-corrected chi connectivity index (χ2v) is 4.16. The maximum absolute atomic E-state index is 4.24. The summed E-state index contributed by atoms with van der Waals surface area (Å²) in [7, 11) is 2.00. The molecule has 0 fully saturated rings. The highest BCUT2D eigenvalue weighted by molar-refractivity contribution is 5.33. The molecule has 0 bridgehead atoms. The van der Waals surface area contributed by atoms with Crippen LogP contribution in [0.4, 0.5) is 5.82 Å². The molecule has 0 amide bonds. The fraction of sp³-hybridized carbons (Fsp3) is 0.583. The quantitative estimate of drug-likeness (QED) is 0.749. The Morgan fingerprint density at radius 2 is 2.07 bits per heavy atom. The Morgan fingerprint density at radius 3 is 2.60 bits per heavy atom. The first-order valence-electron chi connectivity index (χ1n) is 5.53. The van der Waals surface area contributed by atoms with Gasteiger partial charge >= 0.3 is 0 Å². The highest BCUT2D eigenvalue weighted by Gasteiger charge is 2.11. The first-order valence-corrected chi connectivity index (χ1v) is 5.53. The Balaban J connectivity index is 2.40. The largest absolute Gasteiger partial charge is 0.370 e. The molecule has 1 rings (SSSR count). The summed E-state index contributed by atoms with van der Waals surface area (Å²) in [5.41, 5.74) is 0. The Kier molecular flexibility index (Phi) is 5.12. The van der Waals surface area contributed by atoms with Gasteiger partial charge in [0.15, 0.2) is 0 Å². The summed E-state index contributed by atoms with van der Waals surface area (Å²) in [6.45, 7) is 6.51. The van der Waals surface area contributed by atoms with Gasteiger partial charge in [0.05, 0.1) is 0 Å². The van der Waals surface area contributed by atoms with Crippen LogP contribution in [-0.2, 0) is 0 Å². The molecule has 0 aliphatic rings. The Labute approximate surface area is 92.3 Å². The standard InChI is InChI=1S/C12H21N3/c1-10(2)11(8-13-3)9-15-12-6-4-5-7-14-12/h4-7,10-11,13H,8-9H2,1-3H3,(H,14,15). The summed E-state index contributed by atoms with van der Waals surface area (Å²) < 4.78 is 0. The molecule has 3 nitrogen and oxygen atoms in total. The van der Waals surface area contributed by atoms with Crippen LogP contribution < -0.4 is 10.6 Å². The smallest absolute Gasteiger partial charge is 0.125 e. The minimum Gasteiger partial charge on any atom is -0.370 e. The molecule has 3 heteroatoms. The van der Waals surface area contributed by atoms with Crippen LogP contribution in [0.2, 0.25) is 0 Å². The van der Waals surface area contributed by atoms with Crippen molar-refractivity contribution in [3.05, 3.63) is 24.4 Å². The molecule has 1 heterocycles. The van der Waals surface area contributed by atoms with Gasteiger partial charge in [-0.05, 0) is 37.6 Å². The molecular weight excluding hydrogens is 186 g/mol. The van der Waals surface area contributed by atoms with Gasteiger partial charge in [0.2, 0.25) is 0 Å². The second kappa shape index (κ2) is 6.40. The van der Waals surface area contributed by atoms with Gasteiger partial charge in [0.1, 0.15) is 5.82 Å². The summed E-state index contributed by atoms with van der Waals surface area (Å²) in [4.78, 5) is 4.24. The summed E-state index contributed by atoms with van der Waals surface area (Å²) in [6, 6.07) is 5.92. The number of anilines is 1. The predicted octanol–water partition coefficient (Wildman–Crippen LogP) is 1.99. The van der Waals surface area contributed by atoms with E-state index in [0.717, 1.165) is 18.9 Å². The molecular formula is C12H21N3. The van der Waals surface area contributed by atoms with Crippen molar-refractivity contribution in [2.75, 3.05) is 25.5 Å². The number of hydrogen-bond acceptors (Lipinski definition) is 3. The molecule has 1 aromatic heterocycles. The van der Waals surface area contributed by atoms with E-state index in [1.54, 1.807) is 0 Å². The van der Waals surface area contributed by atoms with Crippen LogP contribution in [-0.4, -0.2) is 25.1 Å². The molecule has 2 N–H and O–H groups in total. The molecule has 0 saturated carbocycles. The third-order valence-electron chi connectivity index (χ3n) is 2.62. The highest BCUT2D eigenvalue weighted by Crippen LogP contribution is 2.11. The van der Waals surface area contributed by atoms with Gasteiger partial charge in [-0.25, -0.2) is 4.98 Å². The first-order chi connectivity index (χ1) is 7.24. The van der Waals surface area contributed by atoms with Crippen molar-refractivity contribution in [3.63, 3.8) is 0 Å². The number of pyridine rings is 1. The summed E-state index contributed by atoms with van der Waals surface area (Å²) in [5.74, 6) is 2.27. The molecule has 84 valence electrons. The van der Waals surface area contributed by atoms with E-state index in [1.807, 2.05) is 31.4 Å². The van der Waals surface area contributed by atoms with Crippen molar-refractivity contribution in [3.8, 4) is 0 Å². The average molecular weight is 207 g/mol. The lowest BCUT2D eigenvalue weighted by Crippen LogP contribution is -2.29. The van der Waals surface area contributed by atoms with E-state index in [1.165, 1.54) is 0 Å². The van der Waals surface area contributed by atoms with Gasteiger partial charge in [-0.1, -0.05) is 19.9 Å². The predicted molar refractivity (Wildman–Crippen MR) is 65.0 cm³/mol. The molecule has 15 heavy (non-hydrogen) atoms. The van der Waals surface area contributed by atoms with Crippen molar-refractivity contribution < 1.29 is 0 Å². The molecule has 1 atom stereocenters. The van der Waals surface area contributed by atoms with E-state index >= 15 is 0 Å². The van der Waals surface area contributed by atoms with E-state index in [4.69, 9.17) is 0 Å². The van der Waals surface area contributed by atoms with Gasteiger partial charge in [-0.15, -0.1) is 0 Å². The molecule has 0 aromatic carbocycles. The van der Waals surface area contributed by atoms with Crippen LogP contribution in [0.15, 0.2) is 24.4 Å². The summed E-state index contributed by atoms with van der Waals surface area (Å²) in [5, 5.41) is 6.58. The Morgan fingerprint density at radius 1 is 1.27 bits per heavy atom. The van der Waals surface area contributed by atoms with Gasteiger partial charge < -0.3 is 10.6 Å². The monoisotopic (exact) mass is 207 g/mol. The molecule has 0 spiro atoms. The lowest BCUT2D eigenvalue weighted by molar-refractivity contribution is 0.390. The minimum absolute atomic E-state index is 0.636. The molecule has 0 radical (unpaired) electrons. The maximum Gasteiger partial charge on any atom is 0.125 e. The zero-order valence-electron chi connectivity index (χ0n) is 9.83. The minimum atomic E-state index is 0.636. The molecule has 1 unspecified atom stereocenters. The summed E-state index contributed by atoms with van der Waals surface area (Å²) in [6.07, 6.45) is 1.81. The Bertz CT molecular complexity index is 259. The highest BCUT2D eigenvalue weighted by atomic mass is 15.0. The van der Waals surface area contributed by atoms with E-state index in [0.29, 0.717) is 11.8 Å². The van der Waals surface area contributed by atoms with Gasteiger partial charge in [-0.2, -0.15) is 0 Å². The first kappa shape index (κ1) is 12.0. The van der Waals surface area contributed by atoms with Crippen LogP contribution in [0.1, 0.15) is 13.8 Å². The van der Waals surface area contributed by atoms with E-state index in [-0.39, 0.29) is 0 Å². The van der Waals surface area contributed by atoms with Crippen molar-refractivity contribution >= 4 is 5.82 Å². The number of nitrogens with one attached hydrogen (secondary N) is 2. The zero-order chi connectivity index (χ0) is 11.1. The molecule has 0 saturated heterocycles. The van der Waals surface area contributed by atoms with E-state index in [2.05, 4.69) is 29.5 Å². The lowest BCUT2D eigenvalue weighted by Gasteiger charge is -2.21. The fourth-order valence-electron chi connectivity index (χ4n) is 1.51. The van der Waals surface area contributed by atoms with Crippen molar-refractivity contribution in [1.29, 1.82) is 0 Å². The zero-order valence-corrected chi connectivity index (χ0v) is 9.83. The van der Waals surface area contributed by atoms with Crippen molar-refractivity contribution in [2.45, 2.75) is 13.8 Å². The normalized spacial score (nSPS) is 12.8. The number of nitrogens with zero attached hydrogens (tertiary/aromatic N) is 1. The second-order valence-electron chi connectivity index (χ2n) is 4.16. The molecule has 0 aliphatic heterocycles. The number of hydrogen-bond donors (Lipinski definition) is 2. The number of aromatic nitrogens is 1. The SMILES string of the molecule is CNCC(CNc1ccccn1)C(C)C.